The summed E-state index contributed by atoms with van der Waals surface area (Å²) in [7, 11) is 0. The smallest absolute Gasteiger partial charge is 0.00956 e. The normalized spacial score (nSPS) is 21.8. The van der Waals surface area contributed by atoms with Crippen LogP contribution in [-0.2, 0) is 0 Å². The van der Waals surface area contributed by atoms with Crippen LogP contribution >= 0.6 is 0 Å². The van der Waals surface area contributed by atoms with Gasteiger partial charge in [-0.05, 0) is 51.7 Å². The number of nitrogens with two attached hydrogens (primary N) is 1. The van der Waals surface area contributed by atoms with Crippen LogP contribution in [0.2, 0.25) is 0 Å². The van der Waals surface area contributed by atoms with Crippen molar-refractivity contribution in [2.75, 3.05) is 19.6 Å². The maximum atomic E-state index is 5.49. The van der Waals surface area contributed by atoms with Crippen molar-refractivity contribution in [1.29, 1.82) is 0 Å². The minimum atomic E-state index is 0.866. The van der Waals surface area contributed by atoms with Crippen molar-refractivity contribution >= 4 is 0 Å². The van der Waals surface area contributed by atoms with E-state index >= 15 is 0 Å². The van der Waals surface area contributed by atoms with Gasteiger partial charge in [-0.2, -0.15) is 0 Å². The summed E-state index contributed by atoms with van der Waals surface area (Å²) in [5.74, 6) is 0. The summed E-state index contributed by atoms with van der Waals surface area (Å²) < 4.78 is 0. The Morgan fingerprint density at radius 3 is 2.62 bits per heavy atom. The molecule has 2 nitrogen and oxygen atoms in total. The van der Waals surface area contributed by atoms with E-state index in [4.69, 9.17) is 5.73 Å². The summed E-state index contributed by atoms with van der Waals surface area (Å²) in [6, 6.07) is 0.911. The van der Waals surface area contributed by atoms with E-state index in [9.17, 15) is 0 Å². The highest BCUT2D eigenvalue weighted by molar-refractivity contribution is 4.78. The highest BCUT2D eigenvalue weighted by Crippen LogP contribution is 2.21. The summed E-state index contributed by atoms with van der Waals surface area (Å²) in [5.41, 5.74) is 5.49. The molecule has 0 aliphatic carbocycles. The van der Waals surface area contributed by atoms with Gasteiger partial charge < -0.3 is 10.6 Å². The van der Waals surface area contributed by atoms with Gasteiger partial charge in [-0.1, -0.05) is 32.6 Å². The molecule has 0 saturated carbocycles. The van der Waals surface area contributed by atoms with E-state index in [1.165, 1.54) is 70.9 Å². The van der Waals surface area contributed by atoms with Crippen LogP contribution in [0.5, 0.6) is 0 Å². The van der Waals surface area contributed by atoms with Crippen molar-refractivity contribution in [2.45, 2.75) is 70.8 Å². The maximum Gasteiger partial charge on any atom is 0.00956 e. The molecule has 1 heterocycles. The van der Waals surface area contributed by atoms with Gasteiger partial charge in [0.05, 0.1) is 0 Å². The highest BCUT2D eigenvalue weighted by Gasteiger charge is 2.22. The zero-order chi connectivity index (χ0) is 11.6. The third kappa shape index (κ3) is 5.31. The zero-order valence-electron chi connectivity index (χ0n) is 11.1. The van der Waals surface area contributed by atoms with Crippen LogP contribution in [0, 0.1) is 0 Å². The van der Waals surface area contributed by atoms with E-state index < -0.39 is 0 Å². The molecule has 96 valence electrons. The maximum absolute atomic E-state index is 5.49. The first-order chi connectivity index (χ1) is 7.88. The Kier molecular flexibility index (Phi) is 7.87. The molecule has 2 N–H and O–H groups in total. The van der Waals surface area contributed by atoms with Crippen molar-refractivity contribution < 1.29 is 0 Å². The summed E-state index contributed by atoms with van der Waals surface area (Å²) in [6.07, 6.45) is 12.3. The van der Waals surface area contributed by atoms with E-state index in [2.05, 4.69) is 11.8 Å². The van der Waals surface area contributed by atoms with Crippen molar-refractivity contribution in [2.24, 2.45) is 5.73 Å². The van der Waals surface area contributed by atoms with Crippen molar-refractivity contribution in [3.05, 3.63) is 0 Å². The number of hydrogen-bond acceptors (Lipinski definition) is 2. The van der Waals surface area contributed by atoms with Gasteiger partial charge in [0.25, 0.3) is 0 Å². The third-order valence-corrected chi connectivity index (χ3v) is 3.77. The molecule has 1 aliphatic heterocycles. The van der Waals surface area contributed by atoms with E-state index in [1.54, 1.807) is 0 Å². The SMILES string of the molecule is CCC[C@H]1CCCN1CCCCCCCN. The molecule has 0 aromatic heterocycles. The molecule has 1 fully saturated rings. The predicted molar refractivity (Wildman–Crippen MR) is 71.6 cm³/mol. The minimum Gasteiger partial charge on any atom is -0.330 e. The molecule has 1 saturated heterocycles. The average molecular weight is 226 g/mol. The quantitative estimate of drug-likeness (QED) is 0.612. The predicted octanol–water partition coefficient (Wildman–Crippen LogP) is 3.16. The van der Waals surface area contributed by atoms with Gasteiger partial charge in [-0.15, -0.1) is 0 Å². The Bertz CT molecular complexity index is 159. The highest BCUT2D eigenvalue weighted by atomic mass is 15.2. The first-order valence-electron chi connectivity index (χ1n) is 7.32. The van der Waals surface area contributed by atoms with Crippen LogP contribution < -0.4 is 5.73 Å². The Morgan fingerprint density at radius 1 is 1.12 bits per heavy atom. The molecule has 1 atom stereocenters. The van der Waals surface area contributed by atoms with Gasteiger partial charge >= 0.3 is 0 Å². The Labute approximate surface area is 102 Å². The van der Waals surface area contributed by atoms with Gasteiger partial charge in [0.2, 0.25) is 0 Å². The molecule has 0 bridgehead atoms. The fraction of sp³-hybridized carbons (Fsp3) is 1.00. The summed E-state index contributed by atoms with van der Waals surface area (Å²) in [4.78, 5) is 2.73. The first kappa shape index (κ1) is 14.0. The molecular formula is C14H30N2. The lowest BCUT2D eigenvalue weighted by Crippen LogP contribution is -2.30. The Balaban J connectivity index is 1.99. The molecule has 1 rings (SSSR count). The van der Waals surface area contributed by atoms with Crippen molar-refractivity contribution in [3.8, 4) is 0 Å². The van der Waals surface area contributed by atoms with E-state index in [0.29, 0.717) is 0 Å². The Hall–Kier alpha value is -0.0800. The van der Waals surface area contributed by atoms with E-state index in [-0.39, 0.29) is 0 Å². The zero-order valence-corrected chi connectivity index (χ0v) is 11.1. The van der Waals surface area contributed by atoms with Gasteiger partial charge in [0.1, 0.15) is 0 Å². The monoisotopic (exact) mass is 226 g/mol. The second-order valence-electron chi connectivity index (χ2n) is 5.18. The van der Waals surface area contributed by atoms with Crippen LogP contribution in [0.4, 0.5) is 0 Å². The van der Waals surface area contributed by atoms with Crippen LogP contribution in [0.1, 0.15) is 64.7 Å². The summed E-state index contributed by atoms with van der Waals surface area (Å²) in [5, 5.41) is 0. The van der Waals surface area contributed by atoms with Crippen LogP contribution in [0.3, 0.4) is 0 Å². The molecule has 16 heavy (non-hydrogen) atoms. The van der Waals surface area contributed by atoms with Crippen molar-refractivity contribution in [1.82, 2.24) is 4.90 Å². The van der Waals surface area contributed by atoms with Crippen LogP contribution in [-0.4, -0.2) is 30.6 Å². The second kappa shape index (κ2) is 9.00. The van der Waals surface area contributed by atoms with E-state index in [0.717, 1.165) is 12.6 Å². The fourth-order valence-electron chi connectivity index (χ4n) is 2.84. The first-order valence-corrected chi connectivity index (χ1v) is 7.32. The third-order valence-electron chi connectivity index (χ3n) is 3.77. The fourth-order valence-corrected chi connectivity index (χ4v) is 2.84. The molecule has 0 aromatic rings. The summed E-state index contributed by atoms with van der Waals surface area (Å²) in [6.45, 7) is 5.87. The topological polar surface area (TPSA) is 29.3 Å². The van der Waals surface area contributed by atoms with Gasteiger partial charge in [-0.25, -0.2) is 0 Å². The minimum absolute atomic E-state index is 0.866. The lowest BCUT2D eigenvalue weighted by molar-refractivity contribution is 0.236. The van der Waals surface area contributed by atoms with Crippen molar-refractivity contribution in [3.63, 3.8) is 0 Å². The average Bonchev–Trinajstić information content (AvgIpc) is 2.72. The number of hydrogen-bond donors (Lipinski definition) is 1. The molecule has 0 aromatic carbocycles. The number of nitrogens with zero attached hydrogens (tertiary/aromatic N) is 1. The van der Waals surface area contributed by atoms with Gasteiger partial charge in [-0.3, -0.25) is 0 Å². The molecule has 1 aliphatic rings. The molecule has 2 heteroatoms. The van der Waals surface area contributed by atoms with Gasteiger partial charge in [0, 0.05) is 6.04 Å². The number of likely N-dealkylation sites (tertiary alicyclic amines) is 1. The molecule has 0 spiro atoms. The summed E-state index contributed by atoms with van der Waals surface area (Å²) >= 11 is 0. The Morgan fingerprint density at radius 2 is 1.88 bits per heavy atom. The molecule has 0 amide bonds. The van der Waals surface area contributed by atoms with Crippen LogP contribution in [0.25, 0.3) is 0 Å². The standard InChI is InChI=1S/C14H30N2/c1-2-9-14-10-8-13-16(14)12-7-5-3-4-6-11-15/h14H,2-13,15H2,1H3/t14-/m0/s1. The lowest BCUT2D eigenvalue weighted by atomic mass is 10.1. The largest absolute Gasteiger partial charge is 0.330 e. The number of unbranched alkanes of at least 4 members (excludes halogenated alkanes) is 4. The number of rotatable bonds is 9. The molecule has 0 unspecified atom stereocenters. The van der Waals surface area contributed by atoms with Crippen LogP contribution in [0.15, 0.2) is 0 Å². The molecule has 0 radical (unpaired) electrons. The van der Waals surface area contributed by atoms with Gasteiger partial charge in [0.15, 0.2) is 0 Å². The van der Waals surface area contributed by atoms with E-state index in [1.807, 2.05) is 0 Å². The lowest BCUT2D eigenvalue weighted by Gasteiger charge is -2.23. The molecular weight excluding hydrogens is 196 g/mol. The second-order valence-corrected chi connectivity index (χ2v) is 5.18.